The minimum Gasteiger partial charge on any atom is -0.349 e. The van der Waals surface area contributed by atoms with Crippen molar-refractivity contribution in [3.8, 4) is 0 Å². The normalized spacial score (nSPS) is 39.3. The van der Waals surface area contributed by atoms with Gasteiger partial charge in [-0.15, -0.1) is 11.6 Å². The molecule has 0 saturated heterocycles. The fourth-order valence-electron chi connectivity index (χ4n) is 5.60. The van der Waals surface area contributed by atoms with Crippen LogP contribution in [0.3, 0.4) is 0 Å². The molecule has 1 aromatic rings. The zero-order chi connectivity index (χ0) is 16.2. The van der Waals surface area contributed by atoms with E-state index in [-0.39, 0.29) is 22.2 Å². The molecule has 4 aliphatic rings. The van der Waals surface area contributed by atoms with Gasteiger partial charge >= 0.3 is 0 Å². The number of halogens is 2. The Bertz CT molecular complexity index is 615. The Hall–Kier alpha value is -0.540. The van der Waals surface area contributed by atoms with Gasteiger partial charge < -0.3 is 5.32 Å². The molecule has 1 N–H and O–H groups in total. The third-order valence-corrected chi connectivity index (χ3v) is 7.16. The van der Waals surface area contributed by atoms with Gasteiger partial charge in [-0.1, -0.05) is 28.1 Å². The van der Waals surface area contributed by atoms with Gasteiger partial charge in [0.25, 0.3) is 0 Å². The highest BCUT2D eigenvalue weighted by Gasteiger charge is 2.60. The Morgan fingerprint density at radius 1 is 1.22 bits per heavy atom. The molecule has 4 bridgehead atoms. The zero-order valence-corrected chi connectivity index (χ0v) is 15.8. The van der Waals surface area contributed by atoms with Crippen LogP contribution in [0.15, 0.2) is 28.7 Å². The molecule has 0 spiro atoms. The van der Waals surface area contributed by atoms with Crippen LogP contribution < -0.4 is 5.32 Å². The molecule has 2 unspecified atom stereocenters. The largest absolute Gasteiger partial charge is 0.349 e. The predicted molar refractivity (Wildman–Crippen MR) is 96.4 cm³/mol. The maximum Gasteiger partial charge on any atom is 0.226 e. The number of hydrogen-bond acceptors (Lipinski definition) is 1. The number of alkyl halides is 1. The molecule has 4 heteroatoms. The maximum atomic E-state index is 13.1. The molecule has 0 heterocycles. The first kappa shape index (κ1) is 16.0. The second-order valence-electron chi connectivity index (χ2n) is 8.14. The van der Waals surface area contributed by atoms with E-state index in [1.807, 2.05) is 12.1 Å². The van der Waals surface area contributed by atoms with Crippen LogP contribution in [0.2, 0.25) is 0 Å². The minimum atomic E-state index is -0.213. The molecule has 0 radical (unpaired) electrons. The highest BCUT2D eigenvalue weighted by molar-refractivity contribution is 9.10. The molecular formula is C19H23BrClNO. The lowest BCUT2D eigenvalue weighted by molar-refractivity contribution is -0.145. The van der Waals surface area contributed by atoms with E-state index in [4.69, 9.17) is 11.6 Å². The molecule has 5 atom stereocenters. The summed E-state index contributed by atoms with van der Waals surface area (Å²) in [7, 11) is 0. The summed E-state index contributed by atoms with van der Waals surface area (Å²) in [5, 5.41) is 3.28. The van der Waals surface area contributed by atoms with Crippen molar-refractivity contribution in [3.05, 3.63) is 34.3 Å². The lowest BCUT2D eigenvalue weighted by Crippen LogP contribution is -2.58. The molecule has 5 rings (SSSR count). The summed E-state index contributed by atoms with van der Waals surface area (Å²) in [4.78, 5) is 13.0. The summed E-state index contributed by atoms with van der Waals surface area (Å²) in [6, 6.07) is 8.22. The highest BCUT2D eigenvalue weighted by Crippen LogP contribution is 2.63. The summed E-state index contributed by atoms with van der Waals surface area (Å²) in [5.74, 6) is 1.54. The van der Waals surface area contributed by atoms with Gasteiger partial charge in [-0.2, -0.15) is 0 Å². The Morgan fingerprint density at radius 3 is 2.39 bits per heavy atom. The summed E-state index contributed by atoms with van der Waals surface area (Å²) in [6.45, 7) is 2.07. The van der Waals surface area contributed by atoms with E-state index in [0.717, 1.165) is 42.1 Å². The molecule has 1 amide bonds. The molecular weight excluding hydrogens is 374 g/mol. The highest BCUT2D eigenvalue weighted by atomic mass is 79.9. The molecule has 0 aliphatic heterocycles. The molecule has 23 heavy (non-hydrogen) atoms. The van der Waals surface area contributed by atoms with Crippen LogP contribution >= 0.6 is 27.5 Å². The van der Waals surface area contributed by atoms with E-state index in [2.05, 4.69) is 40.3 Å². The molecule has 4 aliphatic carbocycles. The first-order chi connectivity index (χ1) is 10.9. The third kappa shape index (κ3) is 2.84. The van der Waals surface area contributed by atoms with E-state index >= 15 is 0 Å². The van der Waals surface area contributed by atoms with Crippen LogP contribution in [0.5, 0.6) is 0 Å². The van der Waals surface area contributed by atoms with Crippen molar-refractivity contribution >= 4 is 33.4 Å². The van der Waals surface area contributed by atoms with Crippen molar-refractivity contribution in [2.24, 2.45) is 17.3 Å². The molecule has 0 aromatic heterocycles. The van der Waals surface area contributed by atoms with Crippen molar-refractivity contribution in [2.75, 3.05) is 0 Å². The average Bonchev–Trinajstić information content (AvgIpc) is 2.45. The molecule has 2 nitrogen and oxygen atoms in total. The van der Waals surface area contributed by atoms with Crippen LogP contribution in [-0.4, -0.2) is 10.8 Å². The number of carbonyl (C=O) groups is 1. The Kier molecular flexibility index (Phi) is 3.81. The van der Waals surface area contributed by atoms with Gasteiger partial charge in [-0.3, -0.25) is 4.79 Å². The van der Waals surface area contributed by atoms with Crippen LogP contribution in [0, 0.1) is 17.3 Å². The number of rotatable bonds is 3. The quantitative estimate of drug-likeness (QED) is 0.699. The van der Waals surface area contributed by atoms with E-state index in [0.29, 0.717) is 11.8 Å². The average molecular weight is 397 g/mol. The first-order valence-corrected chi connectivity index (χ1v) is 9.80. The fraction of sp³-hybridized carbons (Fsp3) is 0.632. The number of nitrogens with one attached hydrogen (secondary N) is 1. The van der Waals surface area contributed by atoms with Crippen LogP contribution in [0.25, 0.3) is 0 Å². The Morgan fingerprint density at radius 2 is 1.83 bits per heavy atom. The van der Waals surface area contributed by atoms with E-state index < -0.39 is 0 Å². The monoisotopic (exact) mass is 395 g/mol. The zero-order valence-electron chi connectivity index (χ0n) is 13.4. The second-order valence-corrected chi connectivity index (χ2v) is 9.86. The second kappa shape index (κ2) is 5.49. The lowest BCUT2D eigenvalue weighted by atomic mass is 9.49. The molecule has 4 fully saturated rings. The summed E-state index contributed by atoms with van der Waals surface area (Å²) >= 11 is 10.3. The summed E-state index contributed by atoms with van der Waals surface area (Å²) < 4.78 is 1.06. The number of amides is 1. The van der Waals surface area contributed by atoms with Crippen molar-refractivity contribution in [1.29, 1.82) is 0 Å². The van der Waals surface area contributed by atoms with Crippen molar-refractivity contribution in [3.63, 3.8) is 0 Å². The van der Waals surface area contributed by atoms with Crippen molar-refractivity contribution in [2.45, 2.75) is 56.4 Å². The predicted octanol–water partition coefficient (Wildman–Crippen LogP) is 5.20. The van der Waals surface area contributed by atoms with Gasteiger partial charge in [0, 0.05) is 9.35 Å². The van der Waals surface area contributed by atoms with Crippen LogP contribution in [0.1, 0.15) is 57.1 Å². The molecule has 4 saturated carbocycles. The van der Waals surface area contributed by atoms with Gasteiger partial charge in [0.1, 0.15) is 0 Å². The SMILES string of the molecule is C[C@@H](NC(=O)C12C[C@@H]3C[C@@H](CC(Cl)(C3)C1)C2)c1ccc(Br)cc1. The van der Waals surface area contributed by atoms with Gasteiger partial charge in [0.2, 0.25) is 5.91 Å². The standard InChI is InChI=1S/C19H23BrClNO/c1-12(15-2-4-16(20)5-3-15)22-17(23)18-7-13-6-14(8-18)10-19(21,9-13)11-18/h2-5,12-14H,6-11H2,1H3,(H,22,23)/t12-,13-,14+,18?,19?/m1/s1. The smallest absolute Gasteiger partial charge is 0.226 e. The first-order valence-electron chi connectivity index (χ1n) is 8.63. The van der Waals surface area contributed by atoms with E-state index in [1.54, 1.807) is 0 Å². The third-order valence-electron chi connectivity index (χ3n) is 6.19. The van der Waals surface area contributed by atoms with Gasteiger partial charge in [-0.25, -0.2) is 0 Å². The van der Waals surface area contributed by atoms with E-state index in [1.165, 1.54) is 6.42 Å². The van der Waals surface area contributed by atoms with Crippen LogP contribution in [-0.2, 0) is 4.79 Å². The van der Waals surface area contributed by atoms with Gasteiger partial charge in [-0.05, 0) is 75.0 Å². The fourth-order valence-corrected chi connectivity index (χ4v) is 6.56. The minimum absolute atomic E-state index is 0.0369. The number of carbonyl (C=O) groups excluding carboxylic acids is 1. The Labute approximate surface area is 151 Å². The Balaban J connectivity index is 1.51. The van der Waals surface area contributed by atoms with Gasteiger partial charge in [0.15, 0.2) is 0 Å². The van der Waals surface area contributed by atoms with Crippen LogP contribution in [0.4, 0.5) is 0 Å². The molecule has 1 aromatic carbocycles. The maximum absolute atomic E-state index is 13.1. The van der Waals surface area contributed by atoms with E-state index in [9.17, 15) is 4.79 Å². The molecule has 124 valence electrons. The lowest BCUT2D eigenvalue weighted by Gasteiger charge is -2.59. The van der Waals surface area contributed by atoms with Gasteiger partial charge in [0.05, 0.1) is 11.5 Å². The number of benzene rings is 1. The van der Waals surface area contributed by atoms with Crippen molar-refractivity contribution in [1.82, 2.24) is 5.32 Å². The summed E-state index contributed by atoms with van der Waals surface area (Å²) in [6.07, 6.45) is 6.46. The topological polar surface area (TPSA) is 29.1 Å². The number of hydrogen-bond donors (Lipinski definition) is 1. The summed E-state index contributed by atoms with van der Waals surface area (Å²) in [5.41, 5.74) is 0.932. The van der Waals surface area contributed by atoms with Crippen molar-refractivity contribution < 1.29 is 4.79 Å².